The van der Waals surface area contributed by atoms with Crippen molar-refractivity contribution in [1.82, 2.24) is 0 Å². The summed E-state index contributed by atoms with van der Waals surface area (Å²) in [6, 6.07) is 4.91. The van der Waals surface area contributed by atoms with Crippen molar-refractivity contribution in [3.05, 3.63) is 45.6 Å². The number of nitro benzene ring substituents is 1. The number of hydrogen-bond donors (Lipinski definition) is 2. The molecule has 0 fully saturated rings. The van der Waals surface area contributed by atoms with Gasteiger partial charge >= 0.3 is 0 Å². The lowest BCUT2D eigenvalue weighted by Gasteiger charge is -2.07. The van der Waals surface area contributed by atoms with Crippen LogP contribution in [0.25, 0.3) is 0 Å². The second-order valence-corrected chi connectivity index (χ2v) is 4.02. The minimum absolute atomic E-state index is 0.0422. The largest absolute Gasteiger partial charge is 0.401 e. The standard InChI is InChI=1S/C13H18N4O2/c1-3-15-7-6-11(14)9-16-12-8-10(2)4-5-13(12)17(18)19/h4-8,16H,3,9,14H2,1-2H3. The van der Waals surface area contributed by atoms with E-state index < -0.39 is 4.92 Å². The molecule has 0 saturated carbocycles. The van der Waals surface area contributed by atoms with Gasteiger partial charge in [-0.1, -0.05) is 6.07 Å². The summed E-state index contributed by atoms with van der Waals surface area (Å²) in [4.78, 5) is 14.5. The Bertz CT molecular complexity index is 509. The second-order valence-electron chi connectivity index (χ2n) is 4.02. The van der Waals surface area contributed by atoms with Gasteiger partial charge in [0.15, 0.2) is 0 Å². The van der Waals surface area contributed by atoms with Crippen LogP contribution in [0.5, 0.6) is 0 Å². The van der Waals surface area contributed by atoms with Gasteiger partial charge in [0.25, 0.3) is 5.69 Å². The lowest BCUT2D eigenvalue weighted by atomic mass is 10.2. The number of allylic oxidation sites excluding steroid dienone is 1. The molecule has 0 unspecified atom stereocenters. The molecule has 0 aliphatic heterocycles. The molecule has 1 rings (SSSR count). The first-order valence-corrected chi connectivity index (χ1v) is 5.98. The maximum atomic E-state index is 10.9. The van der Waals surface area contributed by atoms with Crippen molar-refractivity contribution in [3.63, 3.8) is 0 Å². The van der Waals surface area contributed by atoms with Crippen molar-refractivity contribution >= 4 is 17.6 Å². The van der Waals surface area contributed by atoms with Crippen LogP contribution < -0.4 is 11.1 Å². The van der Waals surface area contributed by atoms with Gasteiger partial charge in [-0.25, -0.2) is 0 Å². The Hall–Kier alpha value is -2.37. The summed E-state index contributed by atoms with van der Waals surface area (Å²) in [6.07, 6.45) is 3.31. The van der Waals surface area contributed by atoms with Crippen LogP contribution in [0.1, 0.15) is 12.5 Å². The van der Waals surface area contributed by atoms with Crippen molar-refractivity contribution in [2.75, 3.05) is 18.4 Å². The normalized spacial score (nSPS) is 11.8. The van der Waals surface area contributed by atoms with Crippen LogP contribution in [-0.2, 0) is 0 Å². The highest BCUT2D eigenvalue weighted by Crippen LogP contribution is 2.25. The average Bonchev–Trinajstić information content (AvgIpc) is 2.36. The summed E-state index contributed by atoms with van der Waals surface area (Å²) >= 11 is 0. The lowest BCUT2D eigenvalue weighted by molar-refractivity contribution is -0.384. The number of hydrogen-bond acceptors (Lipinski definition) is 5. The molecule has 0 bridgehead atoms. The van der Waals surface area contributed by atoms with Crippen molar-refractivity contribution in [1.29, 1.82) is 0 Å². The van der Waals surface area contributed by atoms with Gasteiger partial charge in [0, 0.05) is 24.5 Å². The summed E-state index contributed by atoms with van der Waals surface area (Å²) in [6.45, 7) is 4.83. The molecule has 3 N–H and O–H groups in total. The van der Waals surface area contributed by atoms with Crippen LogP contribution in [0.4, 0.5) is 11.4 Å². The number of benzene rings is 1. The highest BCUT2D eigenvalue weighted by molar-refractivity contribution is 5.72. The van der Waals surface area contributed by atoms with E-state index in [0.717, 1.165) is 5.56 Å². The monoisotopic (exact) mass is 262 g/mol. The van der Waals surface area contributed by atoms with E-state index >= 15 is 0 Å². The van der Waals surface area contributed by atoms with Gasteiger partial charge in [0.05, 0.1) is 11.5 Å². The second kappa shape index (κ2) is 7.15. The van der Waals surface area contributed by atoms with E-state index in [9.17, 15) is 10.1 Å². The Morgan fingerprint density at radius 2 is 2.32 bits per heavy atom. The Labute approximate surface area is 112 Å². The zero-order valence-corrected chi connectivity index (χ0v) is 11.1. The first-order valence-electron chi connectivity index (χ1n) is 5.98. The van der Waals surface area contributed by atoms with Crippen molar-refractivity contribution in [2.45, 2.75) is 13.8 Å². The van der Waals surface area contributed by atoms with E-state index in [1.165, 1.54) is 6.07 Å². The van der Waals surface area contributed by atoms with Crippen LogP contribution in [0.2, 0.25) is 0 Å². The van der Waals surface area contributed by atoms with E-state index in [1.54, 1.807) is 24.4 Å². The molecule has 0 aromatic heterocycles. The molecular weight excluding hydrogens is 244 g/mol. The molecule has 1 aromatic carbocycles. The topological polar surface area (TPSA) is 93.5 Å². The fourth-order valence-corrected chi connectivity index (χ4v) is 1.46. The molecule has 6 heteroatoms. The molecule has 19 heavy (non-hydrogen) atoms. The molecule has 0 heterocycles. The summed E-state index contributed by atoms with van der Waals surface area (Å²) < 4.78 is 0. The van der Waals surface area contributed by atoms with Gasteiger partial charge in [0.1, 0.15) is 5.69 Å². The van der Waals surface area contributed by atoms with Crippen LogP contribution in [0.3, 0.4) is 0 Å². The Balaban J connectivity index is 2.77. The predicted molar refractivity (Wildman–Crippen MR) is 77.6 cm³/mol. The molecule has 0 aliphatic carbocycles. The molecule has 0 atom stereocenters. The fraction of sp³-hybridized carbons (Fsp3) is 0.308. The summed E-state index contributed by atoms with van der Waals surface area (Å²) in [5.74, 6) is 0. The van der Waals surface area contributed by atoms with Crippen molar-refractivity contribution in [2.24, 2.45) is 10.7 Å². The van der Waals surface area contributed by atoms with Gasteiger partial charge in [-0.05, 0) is 31.6 Å². The molecule has 102 valence electrons. The molecule has 0 radical (unpaired) electrons. The predicted octanol–water partition coefficient (Wildman–Crippen LogP) is 2.25. The van der Waals surface area contributed by atoms with Crippen LogP contribution in [-0.4, -0.2) is 24.2 Å². The third-order valence-electron chi connectivity index (χ3n) is 2.41. The Kier molecular flexibility index (Phi) is 5.53. The number of nitro groups is 1. The van der Waals surface area contributed by atoms with Crippen LogP contribution >= 0.6 is 0 Å². The zero-order valence-electron chi connectivity index (χ0n) is 11.1. The quantitative estimate of drug-likeness (QED) is 0.467. The number of aliphatic imine (C=N–C) groups is 1. The number of rotatable bonds is 6. The number of nitrogens with two attached hydrogens (primary N) is 1. The smallest absolute Gasteiger partial charge is 0.292 e. The average molecular weight is 262 g/mol. The Morgan fingerprint density at radius 1 is 1.58 bits per heavy atom. The van der Waals surface area contributed by atoms with Gasteiger partial charge in [-0.15, -0.1) is 0 Å². The third-order valence-corrected chi connectivity index (χ3v) is 2.41. The van der Waals surface area contributed by atoms with Crippen molar-refractivity contribution in [3.8, 4) is 0 Å². The molecular formula is C13H18N4O2. The van der Waals surface area contributed by atoms with Crippen LogP contribution in [0, 0.1) is 17.0 Å². The maximum absolute atomic E-state index is 10.9. The number of nitrogens with zero attached hydrogens (tertiary/aromatic N) is 2. The molecule has 0 spiro atoms. The number of nitrogens with one attached hydrogen (secondary N) is 1. The lowest BCUT2D eigenvalue weighted by Crippen LogP contribution is -2.12. The minimum Gasteiger partial charge on any atom is -0.401 e. The molecule has 0 amide bonds. The highest BCUT2D eigenvalue weighted by Gasteiger charge is 2.12. The molecule has 0 aliphatic rings. The van der Waals surface area contributed by atoms with Gasteiger partial charge < -0.3 is 11.1 Å². The number of anilines is 1. The van der Waals surface area contributed by atoms with Crippen molar-refractivity contribution < 1.29 is 4.92 Å². The summed E-state index contributed by atoms with van der Waals surface area (Å²) in [7, 11) is 0. The minimum atomic E-state index is -0.416. The van der Waals surface area contributed by atoms with Gasteiger partial charge in [-0.3, -0.25) is 15.1 Å². The van der Waals surface area contributed by atoms with E-state index in [-0.39, 0.29) is 5.69 Å². The Morgan fingerprint density at radius 3 is 2.95 bits per heavy atom. The highest BCUT2D eigenvalue weighted by atomic mass is 16.6. The van der Waals surface area contributed by atoms with E-state index in [2.05, 4.69) is 10.3 Å². The van der Waals surface area contributed by atoms with Gasteiger partial charge in [-0.2, -0.15) is 0 Å². The summed E-state index contributed by atoms with van der Waals surface area (Å²) in [5.41, 5.74) is 7.78. The van der Waals surface area contributed by atoms with E-state index in [4.69, 9.17) is 5.73 Å². The third kappa shape index (κ3) is 4.79. The number of aryl methyl sites for hydroxylation is 1. The van der Waals surface area contributed by atoms with Gasteiger partial charge in [0.2, 0.25) is 0 Å². The van der Waals surface area contributed by atoms with E-state index in [0.29, 0.717) is 24.5 Å². The molecule has 0 saturated heterocycles. The van der Waals surface area contributed by atoms with E-state index in [1.807, 2.05) is 13.8 Å². The maximum Gasteiger partial charge on any atom is 0.292 e. The molecule has 6 nitrogen and oxygen atoms in total. The first kappa shape index (κ1) is 14.7. The summed E-state index contributed by atoms with van der Waals surface area (Å²) in [5, 5.41) is 13.9. The fourth-order valence-electron chi connectivity index (χ4n) is 1.46. The first-order chi connectivity index (χ1) is 9.04. The SMILES string of the molecule is CCN=CC=C(N)CNc1cc(C)ccc1[N+](=O)[O-]. The zero-order chi connectivity index (χ0) is 14.3. The van der Waals surface area contributed by atoms with Crippen LogP contribution in [0.15, 0.2) is 35.0 Å². The molecule has 1 aromatic rings.